The number of rotatable bonds is 4. The highest BCUT2D eigenvalue weighted by Gasteiger charge is 2.37. The molecule has 7 heteroatoms. The van der Waals surface area contributed by atoms with Crippen LogP contribution in [0.5, 0.6) is 0 Å². The Morgan fingerprint density at radius 3 is 2.71 bits per heavy atom. The normalized spacial score (nSPS) is 15.6. The van der Waals surface area contributed by atoms with Gasteiger partial charge in [-0.1, -0.05) is 53.6 Å². The van der Waals surface area contributed by atoms with E-state index in [1.54, 1.807) is 30.3 Å². The lowest BCUT2D eigenvalue weighted by Crippen LogP contribution is -2.27. The molecule has 1 aliphatic rings. The molecule has 0 aliphatic carbocycles. The minimum atomic E-state index is -1.06. The fraction of sp³-hybridized carbons (Fsp3) is 0.143. The lowest BCUT2D eigenvalue weighted by Gasteiger charge is -2.21. The van der Waals surface area contributed by atoms with Gasteiger partial charge in [-0.2, -0.15) is 0 Å². The largest absolute Gasteiger partial charge is 0.369 e. The number of hydrogen-bond acceptors (Lipinski definition) is 4. The number of nitrogens with zero attached hydrogens (tertiary/aromatic N) is 1. The molecule has 3 aromatic rings. The summed E-state index contributed by atoms with van der Waals surface area (Å²) >= 11 is 7.06. The summed E-state index contributed by atoms with van der Waals surface area (Å²) in [6, 6.07) is 16.1. The Labute approximate surface area is 171 Å². The monoisotopic (exact) mass is 412 g/mol. The summed E-state index contributed by atoms with van der Waals surface area (Å²) in [5, 5.41) is 13.5. The molecule has 5 nitrogen and oxygen atoms in total. The van der Waals surface area contributed by atoms with E-state index >= 15 is 0 Å². The fourth-order valence-corrected chi connectivity index (χ4v) is 4.27. The Hall–Kier alpha value is -2.67. The van der Waals surface area contributed by atoms with Crippen LogP contribution in [0.3, 0.4) is 0 Å². The van der Waals surface area contributed by atoms with E-state index in [1.807, 2.05) is 31.2 Å². The summed E-state index contributed by atoms with van der Waals surface area (Å²) in [5.74, 6) is -0.658. The van der Waals surface area contributed by atoms with Crippen molar-refractivity contribution in [3.63, 3.8) is 0 Å². The Kier molecular flexibility index (Phi) is 4.93. The Morgan fingerprint density at radius 1 is 1.21 bits per heavy atom. The summed E-state index contributed by atoms with van der Waals surface area (Å²) in [6.45, 7) is 2.26. The molecule has 0 fully saturated rings. The van der Waals surface area contributed by atoms with Crippen molar-refractivity contribution in [1.82, 2.24) is 4.90 Å². The zero-order valence-corrected chi connectivity index (χ0v) is 16.6. The van der Waals surface area contributed by atoms with Crippen LogP contribution in [-0.4, -0.2) is 21.8 Å². The number of carbonyl (C=O) groups excluding carboxylic acids is 2. The SMILES string of the molecule is Cc1cccc(CN2C(=O)c3c(NC(=O)c4ccc(Cl)s4)cccc3C2O)c1. The molecular weight excluding hydrogens is 396 g/mol. The second kappa shape index (κ2) is 7.39. The van der Waals surface area contributed by atoms with Gasteiger partial charge in [-0.05, 0) is 30.7 Å². The summed E-state index contributed by atoms with van der Waals surface area (Å²) in [5.41, 5.74) is 3.19. The summed E-state index contributed by atoms with van der Waals surface area (Å²) in [7, 11) is 0. The van der Waals surface area contributed by atoms with Crippen LogP contribution in [-0.2, 0) is 6.54 Å². The first-order chi connectivity index (χ1) is 13.4. The van der Waals surface area contributed by atoms with E-state index in [4.69, 9.17) is 11.6 Å². The zero-order valence-electron chi connectivity index (χ0n) is 15.0. The molecule has 0 saturated heterocycles. The predicted molar refractivity (Wildman–Crippen MR) is 110 cm³/mol. The number of halogens is 1. The van der Waals surface area contributed by atoms with Crippen molar-refractivity contribution < 1.29 is 14.7 Å². The van der Waals surface area contributed by atoms with Crippen molar-refractivity contribution in [3.8, 4) is 0 Å². The fourth-order valence-electron chi connectivity index (χ4n) is 3.34. The third kappa shape index (κ3) is 3.42. The van der Waals surface area contributed by atoms with Gasteiger partial charge < -0.3 is 15.3 Å². The molecule has 2 N–H and O–H groups in total. The first-order valence-electron chi connectivity index (χ1n) is 8.68. The first kappa shape index (κ1) is 18.7. The molecule has 1 unspecified atom stereocenters. The van der Waals surface area contributed by atoms with E-state index in [0.29, 0.717) is 26.0 Å². The molecule has 2 amide bonds. The lowest BCUT2D eigenvalue weighted by molar-refractivity contribution is 0.0137. The van der Waals surface area contributed by atoms with E-state index in [9.17, 15) is 14.7 Å². The average Bonchev–Trinajstić information content (AvgIpc) is 3.20. The van der Waals surface area contributed by atoms with Crippen LogP contribution in [0.15, 0.2) is 54.6 Å². The molecule has 1 aromatic heterocycles. The molecule has 1 aliphatic heterocycles. The van der Waals surface area contributed by atoms with E-state index in [2.05, 4.69) is 5.32 Å². The molecule has 2 aromatic carbocycles. The minimum Gasteiger partial charge on any atom is -0.369 e. The summed E-state index contributed by atoms with van der Waals surface area (Å²) < 4.78 is 0.513. The Balaban J connectivity index is 1.62. The van der Waals surface area contributed by atoms with Gasteiger partial charge in [-0.3, -0.25) is 9.59 Å². The van der Waals surface area contributed by atoms with E-state index < -0.39 is 6.23 Å². The van der Waals surface area contributed by atoms with Gasteiger partial charge >= 0.3 is 0 Å². The van der Waals surface area contributed by atoms with Crippen molar-refractivity contribution in [2.75, 3.05) is 5.32 Å². The van der Waals surface area contributed by atoms with E-state index in [-0.39, 0.29) is 18.4 Å². The maximum absolute atomic E-state index is 13.0. The molecular formula is C21H17ClN2O3S. The van der Waals surface area contributed by atoms with Crippen molar-refractivity contribution in [2.24, 2.45) is 0 Å². The highest BCUT2D eigenvalue weighted by Crippen LogP contribution is 2.37. The number of nitrogens with one attached hydrogen (secondary N) is 1. The van der Waals surface area contributed by atoms with Crippen molar-refractivity contribution in [2.45, 2.75) is 19.7 Å². The highest BCUT2D eigenvalue weighted by molar-refractivity contribution is 7.18. The molecule has 2 heterocycles. The maximum atomic E-state index is 13.0. The Morgan fingerprint density at radius 2 is 2.00 bits per heavy atom. The summed E-state index contributed by atoms with van der Waals surface area (Å²) in [6.07, 6.45) is -1.06. The third-order valence-corrected chi connectivity index (χ3v) is 5.86. The molecule has 0 radical (unpaired) electrons. The smallest absolute Gasteiger partial charge is 0.265 e. The summed E-state index contributed by atoms with van der Waals surface area (Å²) in [4.78, 5) is 27.4. The van der Waals surface area contributed by atoms with Gasteiger partial charge in [0.25, 0.3) is 11.8 Å². The number of aliphatic hydroxyl groups excluding tert-OH is 1. The van der Waals surface area contributed by atoms with Gasteiger partial charge in [0.2, 0.25) is 0 Å². The topological polar surface area (TPSA) is 69.6 Å². The lowest BCUT2D eigenvalue weighted by atomic mass is 10.1. The number of thiophene rings is 1. The number of anilines is 1. The standard InChI is InChI=1S/C21H17ClN2O3S/c1-12-4-2-5-13(10-12)11-24-20(26)14-6-3-7-15(18(14)21(24)27)23-19(25)16-8-9-17(22)28-16/h2-10,20,26H,11H2,1H3,(H,23,25). The van der Waals surface area contributed by atoms with Crippen LogP contribution in [0.1, 0.15) is 42.9 Å². The zero-order chi connectivity index (χ0) is 19.8. The Bertz CT molecular complexity index is 1080. The van der Waals surface area contributed by atoms with E-state index in [1.165, 1.54) is 4.90 Å². The van der Waals surface area contributed by atoms with E-state index in [0.717, 1.165) is 22.5 Å². The number of amides is 2. The van der Waals surface area contributed by atoms with Gasteiger partial charge in [0, 0.05) is 12.1 Å². The van der Waals surface area contributed by atoms with Gasteiger partial charge in [0.15, 0.2) is 6.23 Å². The molecule has 0 bridgehead atoms. The van der Waals surface area contributed by atoms with Crippen LogP contribution >= 0.6 is 22.9 Å². The van der Waals surface area contributed by atoms with Gasteiger partial charge in [0.1, 0.15) is 0 Å². The molecule has 0 saturated carbocycles. The second-order valence-corrected chi connectivity index (χ2v) is 8.34. The number of carbonyl (C=O) groups is 2. The van der Waals surface area contributed by atoms with Gasteiger partial charge in [-0.15, -0.1) is 11.3 Å². The number of hydrogen-bond donors (Lipinski definition) is 2. The predicted octanol–water partition coefficient (Wildman–Crippen LogP) is 4.61. The minimum absolute atomic E-state index is 0.282. The van der Waals surface area contributed by atoms with Crippen molar-refractivity contribution in [3.05, 3.63) is 86.1 Å². The number of aliphatic hydroxyl groups is 1. The second-order valence-electron chi connectivity index (χ2n) is 6.62. The first-order valence-corrected chi connectivity index (χ1v) is 9.87. The third-order valence-electron chi connectivity index (χ3n) is 4.63. The van der Waals surface area contributed by atoms with Gasteiger partial charge in [-0.25, -0.2) is 0 Å². The number of fused-ring (bicyclic) bond motifs is 1. The molecule has 4 rings (SSSR count). The molecule has 1 atom stereocenters. The molecule has 0 spiro atoms. The van der Waals surface area contributed by atoms with Gasteiger partial charge in [0.05, 0.1) is 20.5 Å². The number of benzene rings is 2. The molecule has 28 heavy (non-hydrogen) atoms. The van der Waals surface area contributed by atoms with Crippen molar-refractivity contribution in [1.29, 1.82) is 0 Å². The van der Waals surface area contributed by atoms with Crippen LogP contribution in [0.25, 0.3) is 0 Å². The van der Waals surface area contributed by atoms with Crippen molar-refractivity contribution >= 4 is 40.4 Å². The van der Waals surface area contributed by atoms with Crippen LogP contribution in [0.2, 0.25) is 4.34 Å². The molecule has 142 valence electrons. The van der Waals surface area contributed by atoms with Crippen LogP contribution in [0, 0.1) is 6.92 Å². The van der Waals surface area contributed by atoms with Crippen LogP contribution in [0.4, 0.5) is 5.69 Å². The van der Waals surface area contributed by atoms with Crippen LogP contribution < -0.4 is 5.32 Å². The number of aryl methyl sites for hydroxylation is 1. The average molecular weight is 413 g/mol. The highest BCUT2D eigenvalue weighted by atomic mass is 35.5. The maximum Gasteiger partial charge on any atom is 0.265 e. The quantitative estimate of drug-likeness (QED) is 0.657.